The maximum atomic E-state index is 11.4. The fourth-order valence-corrected chi connectivity index (χ4v) is 0.711. The predicted octanol–water partition coefficient (Wildman–Crippen LogP) is 0.645. The lowest BCUT2D eigenvalue weighted by Crippen LogP contribution is -2.41. The maximum absolute atomic E-state index is 11.4. The molecule has 0 bridgehead atoms. The Hall–Kier alpha value is -1.54. The van der Waals surface area contributed by atoms with Crippen LogP contribution < -0.4 is 5.48 Å². The first kappa shape index (κ1) is 14.5. The monoisotopic (exact) mass is 227 g/mol. The van der Waals surface area contributed by atoms with Crippen molar-refractivity contribution in [1.29, 1.82) is 0 Å². The third-order valence-electron chi connectivity index (χ3n) is 1.71. The van der Waals surface area contributed by atoms with Crippen molar-refractivity contribution in [3.63, 3.8) is 0 Å². The van der Waals surface area contributed by atoms with Gasteiger partial charge in [0, 0.05) is 6.42 Å². The van der Waals surface area contributed by atoms with Crippen molar-refractivity contribution in [2.45, 2.75) is 33.2 Å². The molecular formula is C11H17NO4. The number of rotatable bonds is 4. The zero-order valence-corrected chi connectivity index (χ0v) is 9.99. The van der Waals surface area contributed by atoms with E-state index in [1.165, 1.54) is 7.11 Å². The van der Waals surface area contributed by atoms with Crippen molar-refractivity contribution in [2.75, 3.05) is 7.11 Å². The van der Waals surface area contributed by atoms with Crippen molar-refractivity contribution in [2.24, 2.45) is 5.41 Å². The smallest absolute Gasteiger partial charge is 0.330 e. The Labute approximate surface area is 95.4 Å². The van der Waals surface area contributed by atoms with Crippen LogP contribution in [-0.2, 0) is 19.2 Å². The molecule has 0 aliphatic heterocycles. The Kier molecular flexibility index (Phi) is 5.54. The molecule has 0 rings (SSSR count). The maximum Gasteiger partial charge on any atom is 0.330 e. The molecule has 0 aliphatic carbocycles. The van der Waals surface area contributed by atoms with Crippen molar-refractivity contribution in [3.8, 4) is 12.3 Å². The van der Waals surface area contributed by atoms with Gasteiger partial charge in [-0.1, -0.05) is 0 Å². The van der Waals surface area contributed by atoms with Gasteiger partial charge >= 0.3 is 11.9 Å². The number of methoxy groups -OCH3 is 1. The minimum Gasteiger partial charge on any atom is -0.468 e. The SMILES string of the molecule is C#CCC(NOC(=O)C(C)(C)C)C(=O)OC. The molecule has 0 aliphatic rings. The highest BCUT2D eigenvalue weighted by Gasteiger charge is 2.26. The third-order valence-corrected chi connectivity index (χ3v) is 1.71. The molecule has 0 amide bonds. The summed E-state index contributed by atoms with van der Waals surface area (Å²) in [6.07, 6.45) is 5.16. The summed E-state index contributed by atoms with van der Waals surface area (Å²) < 4.78 is 4.49. The molecule has 90 valence electrons. The van der Waals surface area contributed by atoms with Crippen LogP contribution in [-0.4, -0.2) is 25.1 Å². The standard InChI is InChI=1S/C11H17NO4/c1-6-7-8(9(13)15-5)12-16-10(14)11(2,3)4/h1,8,12H,7H2,2-5H3. The topological polar surface area (TPSA) is 64.6 Å². The molecule has 1 N–H and O–H groups in total. The highest BCUT2D eigenvalue weighted by Crippen LogP contribution is 2.14. The third kappa shape index (κ3) is 4.80. The van der Waals surface area contributed by atoms with Crippen LogP contribution in [0.3, 0.4) is 0 Å². The van der Waals surface area contributed by atoms with Crippen molar-refractivity contribution >= 4 is 11.9 Å². The summed E-state index contributed by atoms with van der Waals surface area (Å²) >= 11 is 0. The largest absolute Gasteiger partial charge is 0.468 e. The van der Waals surface area contributed by atoms with E-state index in [2.05, 4.69) is 16.1 Å². The van der Waals surface area contributed by atoms with Gasteiger partial charge in [0.15, 0.2) is 6.04 Å². The van der Waals surface area contributed by atoms with Gasteiger partial charge in [0.25, 0.3) is 0 Å². The van der Waals surface area contributed by atoms with Crippen LogP contribution in [0, 0.1) is 17.8 Å². The quantitative estimate of drug-likeness (QED) is 0.434. The van der Waals surface area contributed by atoms with Crippen LogP contribution in [0.25, 0.3) is 0 Å². The Morgan fingerprint density at radius 3 is 2.38 bits per heavy atom. The minimum absolute atomic E-state index is 0.0874. The molecule has 1 unspecified atom stereocenters. The average molecular weight is 227 g/mol. The molecule has 0 spiro atoms. The lowest BCUT2D eigenvalue weighted by Gasteiger charge is -2.19. The summed E-state index contributed by atoms with van der Waals surface area (Å²) in [5.74, 6) is 1.25. The van der Waals surface area contributed by atoms with Gasteiger partial charge in [0.1, 0.15) is 0 Å². The number of carbonyl (C=O) groups is 2. The molecule has 0 aromatic heterocycles. The Bertz CT molecular complexity index is 298. The second kappa shape index (κ2) is 6.13. The summed E-state index contributed by atoms with van der Waals surface area (Å²) in [6, 6.07) is -0.832. The number of hydrogen-bond acceptors (Lipinski definition) is 5. The Balaban J connectivity index is 4.29. The molecule has 0 aromatic carbocycles. The van der Waals surface area contributed by atoms with Gasteiger partial charge in [0.05, 0.1) is 12.5 Å². The summed E-state index contributed by atoms with van der Waals surface area (Å²) in [6.45, 7) is 5.10. The van der Waals surface area contributed by atoms with E-state index in [-0.39, 0.29) is 6.42 Å². The van der Waals surface area contributed by atoms with Crippen LogP contribution in [0.2, 0.25) is 0 Å². The van der Waals surface area contributed by atoms with Crippen LogP contribution in [0.15, 0.2) is 0 Å². The van der Waals surface area contributed by atoms with E-state index in [1.807, 2.05) is 0 Å². The zero-order chi connectivity index (χ0) is 12.8. The van der Waals surface area contributed by atoms with Gasteiger partial charge in [0.2, 0.25) is 0 Å². The number of carbonyl (C=O) groups excluding carboxylic acids is 2. The minimum atomic E-state index is -0.832. The summed E-state index contributed by atoms with van der Waals surface area (Å²) in [5.41, 5.74) is 1.66. The van der Waals surface area contributed by atoms with Crippen LogP contribution in [0.5, 0.6) is 0 Å². The van der Waals surface area contributed by atoms with E-state index >= 15 is 0 Å². The molecule has 5 nitrogen and oxygen atoms in total. The van der Waals surface area contributed by atoms with E-state index in [0.717, 1.165) is 0 Å². The highest BCUT2D eigenvalue weighted by molar-refractivity contribution is 5.77. The van der Waals surface area contributed by atoms with Crippen LogP contribution >= 0.6 is 0 Å². The van der Waals surface area contributed by atoms with E-state index in [4.69, 9.17) is 11.3 Å². The number of nitrogens with one attached hydrogen (secondary N) is 1. The molecular weight excluding hydrogens is 210 g/mol. The fraction of sp³-hybridized carbons (Fsp3) is 0.636. The molecule has 5 heteroatoms. The molecule has 16 heavy (non-hydrogen) atoms. The van der Waals surface area contributed by atoms with Gasteiger partial charge in [-0.3, -0.25) is 4.79 Å². The van der Waals surface area contributed by atoms with Crippen molar-refractivity contribution in [1.82, 2.24) is 5.48 Å². The summed E-state index contributed by atoms with van der Waals surface area (Å²) in [5, 5.41) is 0. The molecule has 0 saturated carbocycles. The number of esters is 1. The van der Waals surface area contributed by atoms with E-state index in [1.54, 1.807) is 20.8 Å². The highest BCUT2D eigenvalue weighted by atomic mass is 16.7. The normalized spacial score (nSPS) is 12.4. The van der Waals surface area contributed by atoms with Gasteiger partial charge in [-0.2, -0.15) is 0 Å². The molecule has 0 aromatic rings. The van der Waals surface area contributed by atoms with E-state index in [0.29, 0.717) is 0 Å². The van der Waals surface area contributed by atoms with Gasteiger partial charge in [-0.05, 0) is 20.8 Å². The second-order valence-electron chi connectivity index (χ2n) is 4.24. The molecule has 0 saturated heterocycles. The van der Waals surface area contributed by atoms with E-state index < -0.39 is 23.4 Å². The Morgan fingerprint density at radius 1 is 1.44 bits per heavy atom. The van der Waals surface area contributed by atoms with E-state index in [9.17, 15) is 9.59 Å². The first-order chi connectivity index (χ1) is 7.32. The van der Waals surface area contributed by atoms with Crippen LogP contribution in [0.1, 0.15) is 27.2 Å². The van der Waals surface area contributed by atoms with Gasteiger partial charge in [-0.25, -0.2) is 4.79 Å². The van der Waals surface area contributed by atoms with Crippen molar-refractivity contribution in [3.05, 3.63) is 0 Å². The average Bonchev–Trinajstić information content (AvgIpc) is 2.21. The predicted molar refractivity (Wildman–Crippen MR) is 57.9 cm³/mol. The first-order valence-electron chi connectivity index (χ1n) is 4.81. The molecule has 0 fully saturated rings. The Morgan fingerprint density at radius 2 is 2.00 bits per heavy atom. The molecule has 1 atom stereocenters. The van der Waals surface area contributed by atoms with Gasteiger partial charge < -0.3 is 9.57 Å². The van der Waals surface area contributed by atoms with Crippen LogP contribution in [0.4, 0.5) is 0 Å². The fourth-order valence-electron chi connectivity index (χ4n) is 0.711. The first-order valence-corrected chi connectivity index (χ1v) is 4.81. The zero-order valence-electron chi connectivity index (χ0n) is 9.99. The lowest BCUT2D eigenvalue weighted by molar-refractivity contribution is -0.166. The van der Waals surface area contributed by atoms with Crippen molar-refractivity contribution < 1.29 is 19.2 Å². The lowest BCUT2D eigenvalue weighted by atomic mass is 9.98. The summed E-state index contributed by atoms with van der Waals surface area (Å²) in [4.78, 5) is 27.3. The second-order valence-corrected chi connectivity index (χ2v) is 4.24. The number of terminal acetylenes is 1. The molecule has 0 heterocycles. The number of hydrogen-bond donors (Lipinski definition) is 1. The summed E-state index contributed by atoms with van der Waals surface area (Å²) in [7, 11) is 1.24. The number of hydroxylamine groups is 1. The molecule has 0 radical (unpaired) electrons. The van der Waals surface area contributed by atoms with Gasteiger partial charge in [-0.15, -0.1) is 17.8 Å². The number of ether oxygens (including phenoxy) is 1.